The number of rotatable bonds is 5. The van der Waals surface area contributed by atoms with Crippen LogP contribution < -0.4 is 5.73 Å². The van der Waals surface area contributed by atoms with Crippen molar-refractivity contribution in [1.82, 2.24) is 30.0 Å². The van der Waals surface area contributed by atoms with Crippen LogP contribution in [0.5, 0.6) is 0 Å². The van der Waals surface area contributed by atoms with Gasteiger partial charge in [-0.05, 0) is 67.6 Å². The van der Waals surface area contributed by atoms with E-state index in [0.29, 0.717) is 16.9 Å². The highest BCUT2D eigenvalue weighted by molar-refractivity contribution is 5.98. The van der Waals surface area contributed by atoms with Crippen LogP contribution in [0.25, 0.3) is 11.0 Å². The number of amides is 1. The molecule has 0 bridgehead atoms. The highest BCUT2D eigenvalue weighted by Gasteiger charge is 2.33. The molecular formula is C25H21F4N7O. The molecule has 0 saturated heterocycles. The van der Waals surface area contributed by atoms with Gasteiger partial charge in [0.15, 0.2) is 11.3 Å². The number of anilines is 1. The molecule has 4 aromatic heterocycles. The predicted molar refractivity (Wildman–Crippen MR) is 125 cm³/mol. The van der Waals surface area contributed by atoms with Gasteiger partial charge in [0, 0.05) is 17.8 Å². The SMILES string of the molecule is C[C@H](c1ncccc1F)N(Cc1ccc(C(F)(F)F)nn1)C(=O)c1cnc2nc(N)c3c(c2c1)CCC3. The number of pyridine rings is 3. The molecule has 0 radical (unpaired) electrons. The van der Waals surface area contributed by atoms with E-state index >= 15 is 0 Å². The lowest BCUT2D eigenvalue weighted by Crippen LogP contribution is -2.34. The zero-order valence-corrected chi connectivity index (χ0v) is 19.6. The third-order valence-corrected chi connectivity index (χ3v) is 6.45. The Labute approximate surface area is 208 Å². The van der Waals surface area contributed by atoms with Crippen molar-refractivity contribution in [3.8, 4) is 0 Å². The van der Waals surface area contributed by atoms with Crippen molar-refractivity contribution in [1.29, 1.82) is 0 Å². The molecule has 1 aliphatic carbocycles. The van der Waals surface area contributed by atoms with Crippen LogP contribution in [0.4, 0.5) is 23.4 Å². The summed E-state index contributed by atoms with van der Waals surface area (Å²) < 4.78 is 53.4. The summed E-state index contributed by atoms with van der Waals surface area (Å²) in [6.45, 7) is 1.34. The quantitative estimate of drug-likeness (QED) is 0.394. The number of nitrogens with two attached hydrogens (primary N) is 1. The predicted octanol–water partition coefficient (Wildman–Crippen LogP) is 4.45. The van der Waals surface area contributed by atoms with Crippen molar-refractivity contribution in [2.75, 3.05) is 5.73 Å². The number of nitrogen functional groups attached to an aromatic ring is 1. The van der Waals surface area contributed by atoms with E-state index in [9.17, 15) is 22.4 Å². The third kappa shape index (κ3) is 4.66. The molecule has 0 aromatic carbocycles. The maximum absolute atomic E-state index is 14.6. The molecule has 190 valence electrons. The lowest BCUT2D eigenvalue weighted by atomic mass is 10.0. The standard InChI is InChI=1S/C25H21F4N7O/c1-13(21-19(26)6-3-9-31-21)36(12-15-7-8-20(35-34-15)25(27,28)29)24(37)14-10-18-16-4-2-5-17(16)22(30)33-23(18)32-11-14/h3,6-11,13H,2,4-5,12H2,1H3,(H2,30,32,33)/t13-/m1/s1. The van der Waals surface area contributed by atoms with Crippen LogP contribution in [-0.2, 0) is 25.6 Å². The van der Waals surface area contributed by atoms with Gasteiger partial charge in [-0.1, -0.05) is 0 Å². The normalized spacial score (nSPS) is 14.0. The zero-order chi connectivity index (χ0) is 26.3. The Morgan fingerprint density at radius 3 is 2.62 bits per heavy atom. The molecule has 1 atom stereocenters. The summed E-state index contributed by atoms with van der Waals surface area (Å²) >= 11 is 0. The fourth-order valence-corrected chi connectivity index (χ4v) is 4.56. The Morgan fingerprint density at radius 2 is 1.92 bits per heavy atom. The van der Waals surface area contributed by atoms with Crippen LogP contribution in [0.15, 0.2) is 42.7 Å². The molecular weight excluding hydrogens is 490 g/mol. The molecule has 0 fully saturated rings. The van der Waals surface area contributed by atoms with Crippen LogP contribution in [-0.4, -0.2) is 36.0 Å². The summed E-state index contributed by atoms with van der Waals surface area (Å²) in [5, 5.41) is 7.59. The van der Waals surface area contributed by atoms with E-state index in [-0.39, 0.29) is 23.5 Å². The van der Waals surface area contributed by atoms with Crippen LogP contribution in [0.2, 0.25) is 0 Å². The van der Waals surface area contributed by atoms with Gasteiger partial charge in [-0.3, -0.25) is 9.78 Å². The van der Waals surface area contributed by atoms with Crippen LogP contribution in [0, 0.1) is 5.82 Å². The second-order valence-corrected chi connectivity index (χ2v) is 8.79. The summed E-state index contributed by atoms with van der Waals surface area (Å²) in [7, 11) is 0. The van der Waals surface area contributed by atoms with Gasteiger partial charge in [-0.15, -0.1) is 5.10 Å². The van der Waals surface area contributed by atoms with Crippen LogP contribution >= 0.6 is 0 Å². The average Bonchev–Trinajstić information content (AvgIpc) is 3.38. The topological polar surface area (TPSA) is 111 Å². The molecule has 4 aromatic rings. The Kier molecular flexibility index (Phi) is 6.18. The summed E-state index contributed by atoms with van der Waals surface area (Å²) in [6, 6.07) is 5.35. The Bertz CT molecular complexity index is 1490. The molecule has 0 saturated carbocycles. The number of fused-ring (bicyclic) bond motifs is 3. The molecule has 0 spiro atoms. The van der Waals surface area contributed by atoms with E-state index in [4.69, 9.17) is 5.73 Å². The number of carbonyl (C=O) groups excluding carboxylic acids is 1. The maximum Gasteiger partial charge on any atom is 0.435 e. The van der Waals surface area contributed by atoms with Gasteiger partial charge in [0.1, 0.15) is 11.6 Å². The Morgan fingerprint density at radius 1 is 1.14 bits per heavy atom. The molecule has 0 aliphatic heterocycles. The van der Waals surface area contributed by atoms with E-state index < -0.39 is 29.6 Å². The second kappa shape index (κ2) is 9.34. The van der Waals surface area contributed by atoms with E-state index in [2.05, 4.69) is 25.1 Å². The van der Waals surface area contributed by atoms with Crippen molar-refractivity contribution in [2.24, 2.45) is 0 Å². The van der Waals surface area contributed by atoms with Crippen molar-refractivity contribution in [3.63, 3.8) is 0 Å². The molecule has 5 rings (SSSR count). The van der Waals surface area contributed by atoms with E-state index in [1.54, 1.807) is 13.0 Å². The van der Waals surface area contributed by atoms with Crippen molar-refractivity contribution in [2.45, 2.75) is 44.9 Å². The van der Waals surface area contributed by atoms with Crippen molar-refractivity contribution < 1.29 is 22.4 Å². The first kappa shape index (κ1) is 24.5. The van der Waals surface area contributed by atoms with Gasteiger partial charge < -0.3 is 10.6 Å². The molecule has 1 aliphatic rings. The minimum absolute atomic E-state index is 0.000184. The van der Waals surface area contributed by atoms with Crippen LogP contribution in [0.3, 0.4) is 0 Å². The van der Waals surface area contributed by atoms with E-state index in [1.165, 1.54) is 29.4 Å². The monoisotopic (exact) mass is 511 g/mol. The zero-order valence-electron chi connectivity index (χ0n) is 19.6. The number of hydrogen-bond donors (Lipinski definition) is 1. The van der Waals surface area contributed by atoms with Gasteiger partial charge in [0.05, 0.1) is 29.5 Å². The van der Waals surface area contributed by atoms with E-state index in [1.807, 2.05) is 0 Å². The second-order valence-electron chi connectivity index (χ2n) is 8.79. The molecule has 1 amide bonds. The minimum atomic E-state index is -4.65. The number of hydrogen-bond acceptors (Lipinski definition) is 7. The minimum Gasteiger partial charge on any atom is -0.383 e. The smallest absolute Gasteiger partial charge is 0.383 e. The number of halogens is 4. The summed E-state index contributed by atoms with van der Waals surface area (Å²) in [5.74, 6) is -0.731. The largest absolute Gasteiger partial charge is 0.435 e. The number of aryl methyl sites for hydroxylation is 1. The lowest BCUT2D eigenvalue weighted by Gasteiger charge is -2.29. The fourth-order valence-electron chi connectivity index (χ4n) is 4.56. The maximum atomic E-state index is 14.6. The fraction of sp³-hybridized carbons (Fsp3) is 0.280. The molecule has 37 heavy (non-hydrogen) atoms. The molecule has 4 heterocycles. The highest BCUT2D eigenvalue weighted by Crippen LogP contribution is 2.33. The Hall–Kier alpha value is -4.22. The Balaban J connectivity index is 1.55. The van der Waals surface area contributed by atoms with Gasteiger partial charge in [0.25, 0.3) is 5.91 Å². The summed E-state index contributed by atoms with van der Waals surface area (Å²) in [6.07, 6.45) is 0.570. The number of carbonyl (C=O) groups is 1. The average molecular weight is 511 g/mol. The first-order chi connectivity index (χ1) is 17.6. The number of aromatic nitrogens is 5. The van der Waals surface area contributed by atoms with Gasteiger partial charge in [0.2, 0.25) is 0 Å². The van der Waals surface area contributed by atoms with Crippen molar-refractivity contribution in [3.05, 3.63) is 82.3 Å². The molecule has 8 nitrogen and oxygen atoms in total. The first-order valence-electron chi connectivity index (χ1n) is 11.5. The van der Waals surface area contributed by atoms with Gasteiger partial charge in [-0.2, -0.15) is 18.3 Å². The van der Waals surface area contributed by atoms with Crippen molar-refractivity contribution >= 4 is 22.8 Å². The first-order valence-corrected chi connectivity index (χ1v) is 11.5. The van der Waals surface area contributed by atoms with Gasteiger partial charge in [-0.25, -0.2) is 14.4 Å². The molecule has 12 heteroatoms. The third-order valence-electron chi connectivity index (χ3n) is 6.45. The van der Waals surface area contributed by atoms with Gasteiger partial charge >= 0.3 is 6.18 Å². The number of nitrogens with zero attached hydrogens (tertiary/aromatic N) is 6. The van der Waals surface area contributed by atoms with Crippen LogP contribution in [0.1, 0.15) is 58.0 Å². The molecule has 2 N–H and O–H groups in total. The highest BCUT2D eigenvalue weighted by atomic mass is 19.4. The molecule has 0 unspecified atom stereocenters. The summed E-state index contributed by atoms with van der Waals surface area (Å²) in [4.78, 5) is 27.8. The summed E-state index contributed by atoms with van der Waals surface area (Å²) in [5.41, 5.74) is 7.57. The number of alkyl halides is 3. The lowest BCUT2D eigenvalue weighted by molar-refractivity contribution is -0.141. The van der Waals surface area contributed by atoms with E-state index in [0.717, 1.165) is 42.5 Å².